The summed E-state index contributed by atoms with van der Waals surface area (Å²) in [5.74, 6) is 0.183. The molecule has 0 unspecified atom stereocenters. The normalized spacial score (nSPS) is 21.0. The van der Waals surface area contributed by atoms with Gasteiger partial charge < -0.3 is 4.90 Å². The first kappa shape index (κ1) is 16.3. The molecule has 2 aliphatic heterocycles. The van der Waals surface area contributed by atoms with E-state index in [4.69, 9.17) is 0 Å². The van der Waals surface area contributed by atoms with Crippen LogP contribution in [0.5, 0.6) is 0 Å². The van der Waals surface area contributed by atoms with Crippen molar-refractivity contribution in [1.29, 1.82) is 0 Å². The van der Waals surface area contributed by atoms with Crippen molar-refractivity contribution in [3.05, 3.63) is 70.8 Å². The minimum atomic E-state index is 0.183. The van der Waals surface area contributed by atoms with E-state index in [0.29, 0.717) is 6.04 Å². The SMILES string of the molecule is Cc1ccc(C(=O)N2CCC[C@@H](N3CCc4ccccc4C3)C2)cc1. The molecule has 3 heteroatoms. The summed E-state index contributed by atoms with van der Waals surface area (Å²) in [6.07, 6.45) is 3.42. The molecule has 0 radical (unpaired) electrons. The molecule has 0 aliphatic carbocycles. The maximum absolute atomic E-state index is 12.8. The lowest BCUT2D eigenvalue weighted by atomic mass is 9.95. The Hall–Kier alpha value is -2.13. The number of nitrogens with zero attached hydrogens (tertiary/aromatic N) is 2. The molecule has 1 saturated heterocycles. The van der Waals surface area contributed by atoms with Gasteiger partial charge in [-0.1, -0.05) is 42.0 Å². The average Bonchev–Trinajstić information content (AvgIpc) is 2.68. The second kappa shape index (κ2) is 7.01. The molecule has 0 aromatic heterocycles. The fourth-order valence-electron chi connectivity index (χ4n) is 4.15. The number of amides is 1. The number of piperidine rings is 1. The highest BCUT2D eigenvalue weighted by Gasteiger charge is 2.30. The summed E-state index contributed by atoms with van der Waals surface area (Å²) in [5.41, 5.74) is 4.95. The van der Waals surface area contributed by atoms with Crippen molar-refractivity contribution >= 4 is 5.91 Å². The zero-order valence-corrected chi connectivity index (χ0v) is 14.9. The zero-order valence-electron chi connectivity index (χ0n) is 14.9. The molecule has 0 spiro atoms. The van der Waals surface area contributed by atoms with E-state index in [-0.39, 0.29) is 5.91 Å². The predicted molar refractivity (Wildman–Crippen MR) is 101 cm³/mol. The first-order valence-corrected chi connectivity index (χ1v) is 9.37. The minimum absolute atomic E-state index is 0.183. The zero-order chi connectivity index (χ0) is 17.2. The van der Waals surface area contributed by atoms with Gasteiger partial charge in [-0.05, 0) is 49.4 Å². The lowest BCUT2D eigenvalue weighted by molar-refractivity contribution is 0.0549. The largest absolute Gasteiger partial charge is 0.337 e. The fraction of sp³-hybridized carbons (Fsp3) is 0.409. The Kier molecular flexibility index (Phi) is 4.58. The van der Waals surface area contributed by atoms with Crippen molar-refractivity contribution in [2.24, 2.45) is 0 Å². The molecule has 4 rings (SSSR count). The van der Waals surface area contributed by atoms with E-state index in [1.54, 1.807) is 0 Å². The van der Waals surface area contributed by atoms with Crippen molar-refractivity contribution in [2.45, 2.75) is 38.8 Å². The fourth-order valence-corrected chi connectivity index (χ4v) is 4.15. The monoisotopic (exact) mass is 334 g/mol. The van der Waals surface area contributed by atoms with Gasteiger partial charge in [0.1, 0.15) is 0 Å². The van der Waals surface area contributed by atoms with E-state index in [1.165, 1.54) is 23.1 Å². The van der Waals surface area contributed by atoms with E-state index in [0.717, 1.165) is 44.6 Å². The Morgan fingerprint density at radius 3 is 2.56 bits per heavy atom. The van der Waals surface area contributed by atoms with Gasteiger partial charge in [0, 0.05) is 37.8 Å². The number of likely N-dealkylation sites (tertiary alicyclic amines) is 1. The number of rotatable bonds is 2. The molecule has 0 N–H and O–H groups in total. The van der Waals surface area contributed by atoms with Crippen LogP contribution >= 0.6 is 0 Å². The smallest absolute Gasteiger partial charge is 0.253 e. The summed E-state index contributed by atoms with van der Waals surface area (Å²) in [5, 5.41) is 0. The van der Waals surface area contributed by atoms with Gasteiger partial charge >= 0.3 is 0 Å². The van der Waals surface area contributed by atoms with Crippen LogP contribution in [0, 0.1) is 6.92 Å². The third-order valence-corrected chi connectivity index (χ3v) is 5.66. The van der Waals surface area contributed by atoms with Crippen LogP contribution < -0.4 is 0 Å². The second-order valence-corrected chi connectivity index (χ2v) is 7.40. The van der Waals surface area contributed by atoms with Crippen molar-refractivity contribution in [3.8, 4) is 0 Å². The van der Waals surface area contributed by atoms with E-state index < -0.39 is 0 Å². The lowest BCUT2D eigenvalue weighted by Gasteiger charge is -2.41. The minimum Gasteiger partial charge on any atom is -0.337 e. The van der Waals surface area contributed by atoms with Crippen molar-refractivity contribution in [1.82, 2.24) is 9.80 Å². The van der Waals surface area contributed by atoms with Crippen LogP contribution in [0.15, 0.2) is 48.5 Å². The van der Waals surface area contributed by atoms with Gasteiger partial charge in [0.2, 0.25) is 0 Å². The second-order valence-electron chi connectivity index (χ2n) is 7.40. The maximum atomic E-state index is 12.8. The van der Waals surface area contributed by atoms with Gasteiger partial charge in [-0.3, -0.25) is 9.69 Å². The standard InChI is InChI=1S/C22H26N2O/c1-17-8-10-19(11-9-17)22(25)24-13-4-7-21(16-24)23-14-12-18-5-2-3-6-20(18)15-23/h2-3,5-6,8-11,21H,4,7,12-16H2,1H3/t21-/m1/s1. The molecule has 0 saturated carbocycles. The first-order chi connectivity index (χ1) is 12.2. The van der Waals surface area contributed by atoms with E-state index in [2.05, 4.69) is 41.0 Å². The number of benzene rings is 2. The van der Waals surface area contributed by atoms with Crippen LogP contribution in [0.3, 0.4) is 0 Å². The molecule has 2 aromatic carbocycles. The summed E-state index contributed by atoms with van der Waals surface area (Å²) < 4.78 is 0. The van der Waals surface area contributed by atoms with Crippen LogP contribution in [0.1, 0.15) is 39.9 Å². The van der Waals surface area contributed by atoms with Crippen molar-refractivity contribution in [3.63, 3.8) is 0 Å². The summed E-state index contributed by atoms with van der Waals surface area (Å²) in [6, 6.07) is 17.2. The Balaban J connectivity index is 1.44. The van der Waals surface area contributed by atoms with Crippen molar-refractivity contribution in [2.75, 3.05) is 19.6 Å². The van der Waals surface area contributed by atoms with Crippen LogP contribution in [-0.4, -0.2) is 41.4 Å². The third-order valence-electron chi connectivity index (χ3n) is 5.66. The Morgan fingerprint density at radius 1 is 1.00 bits per heavy atom. The van der Waals surface area contributed by atoms with E-state index in [1.807, 2.05) is 24.3 Å². The molecule has 0 bridgehead atoms. The van der Waals surface area contributed by atoms with Gasteiger partial charge in [-0.2, -0.15) is 0 Å². The van der Waals surface area contributed by atoms with Crippen molar-refractivity contribution < 1.29 is 4.79 Å². The van der Waals surface area contributed by atoms with Crippen LogP contribution in [0.25, 0.3) is 0 Å². The van der Waals surface area contributed by atoms with Crippen LogP contribution in [0.4, 0.5) is 0 Å². The quantitative estimate of drug-likeness (QED) is 0.837. The Bertz CT molecular complexity index is 753. The topological polar surface area (TPSA) is 23.6 Å². The highest BCUT2D eigenvalue weighted by molar-refractivity contribution is 5.94. The van der Waals surface area contributed by atoms with Gasteiger partial charge in [-0.25, -0.2) is 0 Å². The molecular weight excluding hydrogens is 308 g/mol. The molecule has 2 heterocycles. The van der Waals surface area contributed by atoms with E-state index >= 15 is 0 Å². The summed E-state index contributed by atoms with van der Waals surface area (Å²) in [6.45, 7) is 5.92. The Labute approximate surface area is 150 Å². The number of carbonyl (C=O) groups excluding carboxylic acids is 1. The number of hydrogen-bond donors (Lipinski definition) is 0. The number of aryl methyl sites for hydroxylation is 1. The summed E-state index contributed by atoms with van der Waals surface area (Å²) >= 11 is 0. The molecule has 1 atom stereocenters. The highest BCUT2D eigenvalue weighted by Crippen LogP contribution is 2.25. The van der Waals surface area contributed by atoms with Gasteiger partial charge in [-0.15, -0.1) is 0 Å². The highest BCUT2D eigenvalue weighted by atomic mass is 16.2. The van der Waals surface area contributed by atoms with Crippen LogP contribution in [-0.2, 0) is 13.0 Å². The molecule has 2 aromatic rings. The summed E-state index contributed by atoms with van der Waals surface area (Å²) in [7, 11) is 0. The number of carbonyl (C=O) groups is 1. The molecule has 1 amide bonds. The molecular formula is C22H26N2O. The van der Waals surface area contributed by atoms with Crippen LogP contribution in [0.2, 0.25) is 0 Å². The summed E-state index contributed by atoms with van der Waals surface area (Å²) in [4.78, 5) is 17.5. The number of hydrogen-bond acceptors (Lipinski definition) is 2. The molecule has 3 nitrogen and oxygen atoms in total. The molecule has 130 valence electrons. The van der Waals surface area contributed by atoms with Gasteiger partial charge in [0.15, 0.2) is 0 Å². The van der Waals surface area contributed by atoms with Gasteiger partial charge in [0.25, 0.3) is 5.91 Å². The number of fused-ring (bicyclic) bond motifs is 1. The first-order valence-electron chi connectivity index (χ1n) is 9.37. The molecule has 25 heavy (non-hydrogen) atoms. The van der Waals surface area contributed by atoms with E-state index in [9.17, 15) is 4.79 Å². The maximum Gasteiger partial charge on any atom is 0.253 e. The van der Waals surface area contributed by atoms with Gasteiger partial charge in [0.05, 0.1) is 0 Å². The molecule has 2 aliphatic rings. The molecule has 1 fully saturated rings. The lowest BCUT2D eigenvalue weighted by Crippen LogP contribution is -2.51. The Morgan fingerprint density at radius 2 is 1.76 bits per heavy atom. The predicted octanol–water partition coefficient (Wildman–Crippen LogP) is 3.66. The third kappa shape index (κ3) is 3.47. The average molecular weight is 334 g/mol.